The van der Waals surface area contributed by atoms with E-state index in [0.29, 0.717) is 16.1 Å². The molecule has 4 nitrogen and oxygen atoms in total. The molecule has 3 rings (SSSR count). The Kier molecular flexibility index (Phi) is 4.99. The van der Waals surface area contributed by atoms with Crippen LogP contribution in [0.4, 0.5) is 10.5 Å². The van der Waals surface area contributed by atoms with E-state index >= 15 is 0 Å². The van der Waals surface area contributed by atoms with Gasteiger partial charge in [-0.2, -0.15) is 0 Å². The maximum Gasteiger partial charge on any atom is 0.317 e. The zero-order chi connectivity index (χ0) is 15.5. The Balaban J connectivity index is 1.53. The van der Waals surface area contributed by atoms with Crippen molar-refractivity contribution in [3.63, 3.8) is 0 Å². The molecular formula is C16H21Cl2N3O. The van der Waals surface area contributed by atoms with E-state index in [1.165, 1.54) is 12.8 Å². The van der Waals surface area contributed by atoms with Gasteiger partial charge in [-0.1, -0.05) is 36.0 Å². The van der Waals surface area contributed by atoms with Crippen molar-refractivity contribution in [2.45, 2.75) is 31.7 Å². The predicted octanol–water partition coefficient (Wildman–Crippen LogP) is 3.77. The molecule has 1 N–H and O–H groups in total. The number of piperazine rings is 1. The van der Waals surface area contributed by atoms with Gasteiger partial charge in [-0.25, -0.2) is 4.79 Å². The first-order valence-corrected chi connectivity index (χ1v) is 8.64. The van der Waals surface area contributed by atoms with Crippen LogP contribution in [0.2, 0.25) is 10.0 Å². The molecule has 0 atom stereocenters. The van der Waals surface area contributed by atoms with Gasteiger partial charge >= 0.3 is 6.03 Å². The zero-order valence-electron chi connectivity index (χ0n) is 12.5. The lowest BCUT2D eigenvalue weighted by Gasteiger charge is -2.36. The van der Waals surface area contributed by atoms with E-state index < -0.39 is 0 Å². The van der Waals surface area contributed by atoms with Crippen LogP contribution in [0.5, 0.6) is 0 Å². The number of carbonyl (C=O) groups excluding carboxylic acids is 1. The van der Waals surface area contributed by atoms with Crippen LogP contribution in [0.15, 0.2) is 18.2 Å². The monoisotopic (exact) mass is 341 g/mol. The first-order chi connectivity index (χ1) is 10.6. The van der Waals surface area contributed by atoms with Gasteiger partial charge in [0.15, 0.2) is 0 Å². The van der Waals surface area contributed by atoms with E-state index in [9.17, 15) is 4.79 Å². The van der Waals surface area contributed by atoms with Gasteiger partial charge in [-0.3, -0.25) is 0 Å². The largest absolute Gasteiger partial charge is 0.368 e. The van der Waals surface area contributed by atoms with Crippen molar-refractivity contribution in [1.82, 2.24) is 10.2 Å². The number of nitrogens with one attached hydrogen (secondary N) is 1. The highest BCUT2D eigenvalue weighted by atomic mass is 35.5. The van der Waals surface area contributed by atoms with Crippen molar-refractivity contribution in [3.8, 4) is 0 Å². The topological polar surface area (TPSA) is 35.6 Å². The minimum atomic E-state index is 0.0840. The molecule has 1 aliphatic heterocycles. The average Bonchev–Trinajstić information content (AvgIpc) is 3.03. The fourth-order valence-electron chi connectivity index (χ4n) is 3.19. The normalized spacial score (nSPS) is 19.5. The third-order valence-corrected chi connectivity index (χ3v) is 5.26. The predicted molar refractivity (Wildman–Crippen MR) is 91.0 cm³/mol. The maximum atomic E-state index is 12.3. The number of halogens is 2. The van der Waals surface area contributed by atoms with E-state index in [-0.39, 0.29) is 6.03 Å². The molecule has 1 aromatic rings. The standard InChI is InChI=1S/C16H21Cl2N3O/c17-14-6-5-13(11-15(14)18)20-7-9-21(10-8-20)16(22)19-12-3-1-2-4-12/h5-6,11-12H,1-4,7-10H2,(H,19,22). The number of nitrogens with zero attached hydrogens (tertiary/aromatic N) is 2. The first-order valence-electron chi connectivity index (χ1n) is 7.89. The van der Waals surface area contributed by atoms with Crippen molar-refractivity contribution >= 4 is 34.9 Å². The van der Waals surface area contributed by atoms with Gasteiger partial charge in [0, 0.05) is 37.9 Å². The Hall–Kier alpha value is -1.13. The number of benzene rings is 1. The molecule has 120 valence electrons. The van der Waals surface area contributed by atoms with Crippen LogP contribution in [-0.4, -0.2) is 43.2 Å². The van der Waals surface area contributed by atoms with Crippen molar-refractivity contribution < 1.29 is 4.79 Å². The molecule has 2 fully saturated rings. The van der Waals surface area contributed by atoms with Gasteiger partial charge < -0.3 is 15.1 Å². The van der Waals surface area contributed by atoms with E-state index in [1.807, 2.05) is 23.1 Å². The van der Waals surface area contributed by atoms with E-state index in [0.717, 1.165) is 44.7 Å². The van der Waals surface area contributed by atoms with E-state index in [4.69, 9.17) is 23.2 Å². The quantitative estimate of drug-likeness (QED) is 0.888. The van der Waals surface area contributed by atoms with Crippen LogP contribution < -0.4 is 10.2 Å². The summed E-state index contributed by atoms with van der Waals surface area (Å²) < 4.78 is 0. The molecule has 1 heterocycles. The van der Waals surface area contributed by atoms with Crippen molar-refractivity contribution in [2.24, 2.45) is 0 Å². The second-order valence-corrected chi connectivity index (χ2v) is 6.82. The lowest BCUT2D eigenvalue weighted by Crippen LogP contribution is -2.53. The second kappa shape index (κ2) is 6.97. The highest BCUT2D eigenvalue weighted by Gasteiger charge is 2.24. The van der Waals surface area contributed by atoms with Gasteiger partial charge in [0.05, 0.1) is 10.0 Å². The number of urea groups is 1. The molecule has 2 amide bonds. The van der Waals surface area contributed by atoms with Gasteiger partial charge in [0.1, 0.15) is 0 Å². The summed E-state index contributed by atoms with van der Waals surface area (Å²) in [4.78, 5) is 16.4. The number of hydrogen-bond acceptors (Lipinski definition) is 2. The summed E-state index contributed by atoms with van der Waals surface area (Å²) in [5, 5.41) is 4.29. The molecule has 1 saturated carbocycles. The minimum absolute atomic E-state index is 0.0840. The molecule has 1 aromatic carbocycles. The first kappa shape index (κ1) is 15.8. The summed E-state index contributed by atoms with van der Waals surface area (Å²) in [6.45, 7) is 3.10. The van der Waals surface area contributed by atoms with Crippen molar-refractivity contribution in [3.05, 3.63) is 28.2 Å². The molecule has 2 aliphatic rings. The van der Waals surface area contributed by atoms with Crippen molar-refractivity contribution in [2.75, 3.05) is 31.1 Å². The molecular weight excluding hydrogens is 321 g/mol. The van der Waals surface area contributed by atoms with Crippen LogP contribution in [-0.2, 0) is 0 Å². The third kappa shape index (κ3) is 3.61. The summed E-state index contributed by atoms with van der Waals surface area (Å²) in [7, 11) is 0. The van der Waals surface area contributed by atoms with Crippen LogP contribution in [0.1, 0.15) is 25.7 Å². The van der Waals surface area contributed by atoms with Crippen molar-refractivity contribution in [1.29, 1.82) is 0 Å². The van der Waals surface area contributed by atoms with Gasteiger partial charge in [-0.15, -0.1) is 0 Å². The fourth-order valence-corrected chi connectivity index (χ4v) is 3.48. The van der Waals surface area contributed by atoms with Crippen LogP contribution in [0, 0.1) is 0 Å². The Morgan fingerprint density at radius 3 is 2.36 bits per heavy atom. The average molecular weight is 342 g/mol. The molecule has 0 radical (unpaired) electrons. The Bertz CT molecular complexity index is 538. The highest BCUT2D eigenvalue weighted by molar-refractivity contribution is 6.42. The van der Waals surface area contributed by atoms with Gasteiger partial charge in [-0.05, 0) is 31.0 Å². The summed E-state index contributed by atoms with van der Waals surface area (Å²) in [5.41, 5.74) is 1.06. The molecule has 0 aromatic heterocycles. The van der Waals surface area contributed by atoms with Crippen LogP contribution in [0.25, 0.3) is 0 Å². The fraction of sp³-hybridized carbons (Fsp3) is 0.562. The smallest absolute Gasteiger partial charge is 0.317 e. The number of rotatable bonds is 2. The summed E-state index contributed by atoms with van der Waals surface area (Å²) in [5.74, 6) is 0. The molecule has 6 heteroatoms. The SMILES string of the molecule is O=C(NC1CCCC1)N1CCN(c2ccc(Cl)c(Cl)c2)CC1. The Labute approximate surface area is 141 Å². The minimum Gasteiger partial charge on any atom is -0.368 e. The lowest BCUT2D eigenvalue weighted by molar-refractivity contribution is 0.190. The van der Waals surface area contributed by atoms with Crippen LogP contribution in [0.3, 0.4) is 0 Å². The molecule has 0 unspecified atom stereocenters. The zero-order valence-corrected chi connectivity index (χ0v) is 14.0. The maximum absolute atomic E-state index is 12.3. The van der Waals surface area contributed by atoms with Gasteiger partial charge in [0.2, 0.25) is 0 Å². The third-order valence-electron chi connectivity index (χ3n) is 4.52. The number of anilines is 1. The van der Waals surface area contributed by atoms with E-state index in [2.05, 4.69) is 10.2 Å². The number of amides is 2. The molecule has 0 bridgehead atoms. The van der Waals surface area contributed by atoms with Gasteiger partial charge in [0.25, 0.3) is 0 Å². The molecule has 22 heavy (non-hydrogen) atoms. The molecule has 0 spiro atoms. The second-order valence-electron chi connectivity index (χ2n) is 6.00. The Morgan fingerprint density at radius 1 is 1.05 bits per heavy atom. The molecule has 1 saturated heterocycles. The number of carbonyl (C=O) groups is 1. The van der Waals surface area contributed by atoms with E-state index in [1.54, 1.807) is 0 Å². The summed E-state index contributed by atoms with van der Waals surface area (Å²) in [6.07, 6.45) is 4.70. The number of hydrogen-bond donors (Lipinski definition) is 1. The summed E-state index contributed by atoms with van der Waals surface area (Å²) in [6, 6.07) is 6.14. The lowest BCUT2D eigenvalue weighted by atomic mass is 10.2. The summed E-state index contributed by atoms with van der Waals surface area (Å²) >= 11 is 12.0. The highest BCUT2D eigenvalue weighted by Crippen LogP contribution is 2.27. The van der Waals surface area contributed by atoms with Crippen LogP contribution >= 0.6 is 23.2 Å². The Morgan fingerprint density at radius 2 is 1.73 bits per heavy atom. The molecule has 1 aliphatic carbocycles.